The third-order valence-corrected chi connectivity index (χ3v) is 4.42. The Morgan fingerprint density at radius 2 is 1.82 bits per heavy atom. The Morgan fingerprint density at radius 1 is 1.23 bits per heavy atom. The van der Waals surface area contributed by atoms with Crippen molar-refractivity contribution in [2.45, 2.75) is 46.1 Å². The summed E-state index contributed by atoms with van der Waals surface area (Å²) < 4.78 is 5.05. The number of amides is 1. The normalized spacial score (nSPS) is 17.4. The van der Waals surface area contributed by atoms with E-state index in [4.69, 9.17) is 10.5 Å². The van der Waals surface area contributed by atoms with Gasteiger partial charge < -0.3 is 10.5 Å². The monoisotopic (exact) mass is 304 g/mol. The minimum absolute atomic E-state index is 0.00587. The molecule has 0 radical (unpaired) electrons. The van der Waals surface area contributed by atoms with Crippen molar-refractivity contribution in [3.8, 4) is 0 Å². The van der Waals surface area contributed by atoms with Crippen LogP contribution in [-0.4, -0.2) is 30.7 Å². The second-order valence-corrected chi connectivity index (χ2v) is 7.27. The molecule has 0 aromatic heterocycles. The molecule has 22 heavy (non-hydrogen) atoms. The molecule has 1 heterocycles. The molecule has 0 aliphatic carbocycles. The Bertz CT molecular complexity index is 485. The van der Waals surface area contributed by atoms with Crippen molar-refractivity contribution in [2.75, 3.05) is 19.7 Å². The lowest BCUT2D eigenvalue weighted by Gasteiger charge is -2.30. The van der Waals surface area contributed by atoms with E-state index in [1.807, 2.05) is 0 Å². The fourth-order valence-corrected chi connectivity index (χ4v) is 3.07. The molecule has 122 valence electrons. The van der Waals surface area contributed by atoms with Gasteiger partial charge in [0.1, 0.15) is 6.61 Å². The van der Waals surface area contributed by atoms with Gasteiger partial charge in [0.25, 0.3) is 0 Å². The largest absolute Gasteiger partial charge is 0.449 e. The van der Waals surface area contributed by atoms with E-state index in [1.54, 1.807) is 0 Å². The van der Waals surface area contributed by atoms with Crippen LogP contribution in [0.5, 0.6) is 0 Å². The maximum absolute atomic E-state index is 10.9. The molecule has 1 aromatic rings. The summed E-state index contributed by atoms with van der Waals surface area (Å²) in [5.41, 5.74) is 7.65. The van der Waals surface area contributed by atoms with E-state index < -0.39 is 6.09 Å². The van der Waals surface area contributed by atoms with Crippen molar-refractivity contribution < 1.29 is 9.53 Å². The maximum atomic E-state index is 10.9. The van der Waals surface area contributed by atoms with Crippen LogP contribution in [0.4, 0.5) is 4.79 Å². The van der Waals surface area contributed by atoms with Crippen LogP contribution >= 0.6 is 0 Å². The molecule has 0 saturated carbocycles. The van der Waals surface area contributed by atoms with Gasteiger partial charge in [-0.3, -0.25) is 4.90 Å². The van der Waals surface area contributed by atoms with E-state index >= 15 is 0 Å². The summed E-state index contributed by atoms with van der Waals surface area (Å²) in [4.78, 5) is 13.4. The molecule has 0 bridgehead atoms. The highest BCUT2D eigenvalue weighted by molar-refractivity contribution is 5.64. The van der Waals surface area contributed by atoms with Gasteiger partial charge in [-0.25, -0.2) is 4.79 Å². The van der Waals surface area contributed by atoms with Crippen LogP contribution in [-0.2, 0) is 11.3 Å². The van der Waals surface area contributed by atoms with Crippen LogP contribution in [0.3, 0.4) is 0 Å². The van der Waals surface area contributed by atoms with Crippen molar-refractivity contribution in [3.05, 3.63) is 35.4 Å². The Morgan fingerprint density at radius 3 is 2.32 bits per heavy atom. The molecule has 0 spiro atoms. The van der Waals surface area contributed by atoms with Crippen molar-refractivity contribution >= 4 is 6.09 Å². The minimum Gasteiger partial charge on any atom is -0.449 e. The van der Waals surface area contributed by atoms with Crippen LogP contribution in [0, 0.1) is 5.41 Å². The highest BCUT2D eigenvalue weighted by Gasteiger charge is 2.27. The zero-order valence-electron chi connectivity index (χ0n) is 14.0. The fraction of sp³-hybridized carbons (Fsp3) is 0.611. The number of rotatable bonds is 5. The number of benzene rings is 1. The zero-order valence-corrected chi connectivity index (χ0v) is 14.0. The number of likely N-dealkylation sites (tertiary alicyclic amines) is 1. The molecule has 1 fully saturated rings. The molecule has 4 heteroatoms. The molecule has 4 nitrogen and oxygen atoms in total. The summed E-state index contributed by atoms with van der Waals surface area (Å²) in [6.45, 7) is 10.2. The molecule has 1 amide bonds. The predicted molar refractivity (Wildman–Crippen MR) is 88.7 cm³/mol. The summed E-state index contributed by atoms with van der Waals surface area (Å²) in [6.07, 6.45) is 1.92. The molecule has 1 unspecified atom stereocenters. The Balaban J connectivity index is 2.05. The first-order valence-electron chi connectivity index (χ1n) is 8.09. The summed E-state index contributed by atoms with van der Waals surface area (Å²) in [6, 6.07) is 8.70. The van der Waals surface area contributed by atoms with Crippen LogP contribution in [0.2, 0.25) is 0 Å². The van der Waals surface area contributed by atoms with Gasteiger partial charge in [0.2, 0.25) is 0 Å². The van der Waals surface area contributed by atoms with Crippen molar-refractivity contribution in [3.63, 3.8) is 0 Å². The standard InChI is InChI=1S/C18H28N2O2/c1-18(2,3)16(13-22-17(19)21)15-8-6-14(7-9-15)12-20-10-4-5-11-20/h6-9,16H,4-5,10-13H2,1-3H3,(H2,19,21). The third-order valence-electron chi connectivity index (χ3n) is 4.42. The van der Waals surface area contributed by atoms with Crippen LogP contribution < -0.4 is 5.73 Å². The van der Waals surface area contributed by atoms with E-state index in [0.717, 1.165) is 6.54 Å². The van der Waals surface area contributed by atoms with E-state index in [-0.39, 0.29) is 11.3 Å². The fourth-order valence-electron chi connectivity index (χ4n) is 3.07. The van der Waals surface area contributed by atoms with Gasteiger partial charge in [0.15, 0.2) is 0 Å². The quantitative estimate of drug-likeness (QED) is 0.905. The smallest absolute Gasteiger partial charge is 0.404 e. The van der Waals surface area contributed by atoms with Gasteiger partial charge >= 0.3 is 6.09 Å². The lowest BCUT2D eigenvalue weighted by atomic mass is 9.77. The summed E-state index contributed by atoms with van der Waals surface area (Å²) in [5.74, 6) is 0.140. The van der Waals surface area contributed by atoms with Gasteiger partial charge in [0.05, 0.1) is 0 Å². The maximum Gasteiger partial charge on any atom is 0.404 e. The predicted octanol–water partition coefficient (Wildman–Crippen LogP) is 3.51. The minimum atomic E-state index is -0.708. The van der Waals surface area contributed by atoms with Crippen LogP contribution in [0.25, 0.3) is 0 Å². The van der Waals surface area contributed by atoms with Crippen molar-refractivity contribution in [1.29, 1.82) is 0 Å². The molecular formula is C18H28N2O2. The average molecular weight is 304 g/mol. The Hall–Kier alpha value is -1.55. The van der Waals surface area contributed by atoms with Crippen LogP contribution in [0.15, 0.2) is 24.3 Å². The van der Waals surface area contributed by atoms with Crippen molar-refractivity contribution in [1.82, 2.24) is 4.90 Å². The Labute approximate surface area is 133 Å². The highest BCUT2D eigenvalue weighted by atomic mass is 16.5. The molecule has 1 saturated heterocycles. The van der Waals surface area contributed by atoms with Crippen molar-refractivity contribution in [2.24, 2.45) is 11.1 Å². The first kappa shape index (κ1) is 16.8. The SMILES string of the molecule is CC(C)(C)C(COC(N)=O)c1ccc(CN2CCCC2)cc1. The average Bonchev–Trinajstić information content (AvgIpc) is 2.92. The van der Waals surface area contributed by atoms with Gasteiger partial charge in [-0.15, -0.1) is 0 Å². The van der Waals surface area contributed by atoms with Gasteiger partial charge in [0, 0.05) is 12.5 Å². The number of carbonyl (C=O) groups is 1. The first-order chi connectivity index (χ1) is 10.4. The van der Waals surface area contributed by atoms with E-state index in [2.05, 4.69) is 49.9 Å². The molecule has 1 atom stereocenters. The third kappa shape index (κ3) is 4.73. The van der Waals surface area contributed by atoms with E-state index in [1.165, 1.54) is 37.1 Å². The van der Waals surface area contributed by atoms with Crippen LogP contribution in [0.1, 0.15) is 50.7 Å². The number of primary amides is 1. The van der Waals surface area contributed by atoms with Gasteiger partial charge in [-0.2, -0.15) is 0 Å². The Kier molecular flexibility index (Phi) is 5.46. The lowest BCUT2D eigenvalue weighted by molar-refractivity contribution is 0.126. The zero-order chi connectivity index (χ0) is 16.2. The summed E-state index contributed by atoms with van der Waals surface area (Å²) in [5, 5.41) is 0. The highest BCUT2D eigenvalue weighted by Crippen LogP contribution is 2.35. The number of hydrogen-bond donors (Lipinski definition) is 1. The molecule has 1 aromatic carbocycles. The molecule has 2 N–H and O–H groups in total. The number of hydrogen-bond acceptors (Lipinski definition) is 3. The number of carbonyl (C=O) groups excluding carboxylic acids is 1. The summed E-state index contributed by atoms with van der Waals surface area (Å²) >= 11 is 0. The molecule has 2 rings (SSSR count). The van der Waals surface area contributed by atoms with E-state index in [0.29, 0.717) is 6.61 Å². The topological polar surface area (TPSA) is 55.6 Å². The second-order valence-electron chi connectivity index (χ2n) is 7.27. The second kappa shape index (κ2) is 7.14. The number of nitrogens with two attached hydrogens (primary N) is 1. The van der Waals surface area contributed by atoms with Gasteiger partial charge in [-0.1, -0.05) is 45.0 Å². The van der Waals surface area contributed by atoms with E-state index in [9.17, 15) is 4.79 Å². The molecular weight excluding hydrogens is 276 g/mol. The molecule has 1 aliphatic rings. The number of ether oxygens (including phenoxy) is 1. The summed E-state index contributed by atoms with van der Waals surface area (Å²) in [7, 11) is 0. The molecule has 1 aliphatic heterocycles. The van der Waals surface area contributed by atoms with Gasteiger partial charge in [-0.05, 0) is 42.5 Å². The lowest BCUT2D eigenvalue weighted by Crippen LogP contribution is -2.26. The number of nitrogens with zero attached hydrogens (tertiary/aromatic N) is 1. The first-order valence-corrected chi connectivity index (χ1v) is 8.09.